The smallest absolute Gasteiger partial charge is 0.190 e. The van der Waals surface area contributed by atoms with Gasteiger partial charge in [-0.25, -0.2) is 0 Å². The van der Waals surface area contributed by atoms with Gasteiger partial charge in [-0.2, -0.15) is 0 Å². The van der Waals surface area contributed by atoms with E-state index in [1.165, 1.54) is 12.8 Å². The summed E-state index contributed by atoms with van der Waals surface area (Å²) in [6.07, 6.45) is 7.67. The van der Waals surface area contributed by atoms with Crippen LogP contribution < -0.4 is 10.6 Å². The maximum atomic E-state index is 5.65. The van der Waals surface area contributed by atoms with Crippen molar-refractivity contribution in [2.75, 3.05) is 39.6 Å². The number of thioether (sulfide) groups is 1. The molecule has 154 valence electrons. The number of nitrogens with one attached hydrogen (secondary N) is 2. The SMILES string of the molecule is CN=C(NCCCOCC1CC1)NCCCc1nnc(SC)n1CC(C)C. The third-order valence-electron chi connectivity index (χ3n) is 4.43. The monoisotopic (exact) mass is 396 g/mol. The molecule has 27 heavy (non-hydrogen) atoms. The number of aryl methyl sites for hydroxylation is 1. The molecule has 1 fully saturated rings. The zero-order valence-corrected chi connectivity index (χ0v) is 18.1. The molecule has 1 aliphatic carbocycles. The van der Waals surface area contributed by atoms with Gasteiger partial charge in [0.25, 0.3) is 0 Å². The highest BCUT2D eigenvalue weighted by atomic mass is 32.2. The Kier molecular flexibility index (Phi) is 9.97. The summed E-state index contributed by atoms with van der Waals surface area (Å²) in [4.78, 5) is 4.28. The summed E-state index contributed by atoms with van der Waals surface area (Å²) in [6.45, 7) is 8.92. The summed E-state index contributed by atoms with van der Waals surface area (Å²) in [5.74, 6) is 3.35. The van der Waals surface area contributed by atoms with Crippen LogP contribution in [0.15, 0.2) is 10.1 Å². The lowest BCUT2D eigenvalue weighted by Gasteiger charge is -2.13. The third kappa shape index (κ3) is 8.51. The minimum Gasteiger partial charge on any atom is -0.381 e. The zero-order valence-electron chi connectivity index (χ0n) is 17.3. The van der Waals surface area contributed by atoms with E-state index in [4.69, 9.17) is 4.74 Å². The first-order chi connectivity index (χ1) is 13.1. The van der Waals surface area contributed by atoms with Crippen LogP contribution in [0.3, 0.4) is 0 Å². The Morgan fingerprint density at radius 2 is 2.00 bits per heavy atom. The van der Waals surface area contributed by atoms with E-state index in [2.05, 4.69) is 50.5 Å². The highest BCUT2D eigenvalue weighted by molar-refractivity contribution is 7.98. The molecule has 0 amide bonds. The van der Waals surface area contributed by atoms with Gasteiger partial charge in [-0.05, 0) is 43.8 Å². The van der Waals surface area contributed by atoms with Gasteiger partial charge in [-0.1, -0.05) is 25.6 Å². The second-order valence-corrected chi connectivity index (χ2v) is 8.28. The quantitative estimate of drug-likeness (QED) is 0.231. The third-order valence-corrected chi connectivity index (χ3v) is 5.09. The molecule has 2 rings (SSSR count). The van der Waals surface area contributed by atoms with Crippen LogP contribution in [-0.2, 0) is 17.7 Å². The molecule has 1 aliphatic rings. The molecule has 2 N–H and O–H groups in total. The van der Waals surface area contributed by atoms with Gasteiger partial charge < -0.3 is 19.9 Å². The summed E-state index contributed by atoms with van der Waals surface area (Å²) in [5.41, 5.74) is 0. The fourth-order valence-electron chi connectivity index (χ4n) is 2.79. The van der Waals surface area contributed by atoms with E-state index in [-0.39, 0.29) is 0 Å². The number of hydrogen-bond donors (Lipinski definition) is 2. The molecule has 0 atom stereocenters. The van der Waals surface area contributed by atoms with E-state index < -0.39 is 0 Å². The molecule has 0 aliphatic heterocycles. The topological polar surface area (TPSA) is 76.4 Å². The normalized spacial score (nSPS) is 14.8. The van der Waals surface area contributed by atoms with Crippen molar-refractivity contribution in [3.63, 3.8) is 0 Å². The summed E-state index contributed by atoms with van der Waals surface area (Å²) in [5, 5.41) is 16.4. The van der Waals surface area contributed by atoms with Gasteiger partial charge in [0.05, 0.1) is 0 Å². The van der Waals surface area contributed by atoms with Gasteiger partial charge in [-0.15, -0.1) is 10.2 Å². The lowest BCUT2D eigenvalue weighted by molar-refractivity contribution is 0.123. The minimum atomic E-state index is 0.583. The van der Waals surface area contributed by atoms with E-state index in [9.17, 15) is 0 Å². The molecule has 0 bridgehead atoms. The van der Waals surface area contributed by atoms with Gasteiger partial charge in [-0.3, -0.25) is 4.99 Å². The molecule has 0 unspecified atom stereocenters. The fraction of sp³-hybridized carbons (Fsp3) is 0.842. The predicted octanol–water partition coefficient (Wildman–Crippen LogP) is 2.57. The van der Waals surface area contributed by atoms with Gasteiger partial charge in [0, 0.05) is 46.3 Å². The van der Waals surface area contributed by atoms with Crippen molar-refractivity contribution in [1.29, 1.82) is 0 Å². The van der Waals surface area contributed by atoms with E-state index >= 15 is 0 Å². The predicted molar refractivity (Wildman–Crippen MR) is 112 cm³/mol. The summed E-state index contributed by atoms with van der Waals surface area (Å²) < 4.78 is 7.91. The molecule has 8 heteroatoms. The van der Waals surface area contributed by atoms with Crippen LogP contribution in [0, 0.1) is 11.8 Å². The van der Waals surface area contributed by atoms with Gasteiger partial charge in [0.15, 0.2) is 11.1 Å². The summed E-state index contributed by atoms with van der Waals surface area (Å²) in [7, 11) is 1.81. The summed E-state index contributed by atoms with van der Waals surface area (Å²) in [6, 6.07) is 0. The lowest BCUT2D eigenvalue weighted by Crippen LogP contribution is -2.38. The van der Waals surface area contributed by atoms with Crippen molar-refractivity contribution < 1.29 is 4.74 Å². The molecule has 0 saturated heterocycles. The van der Waals surface area contributed by atoms with Crippen molar-refractivity contribution >= 4 is 17.7 Å². The molecular formula is C19H36N6OS. The van der Waals surface area contributed by atoms with E-state index in [0.29, 0.717) is 5.92 Å². The Bertz CT molecular complexity index is 571. The van der Waals surface area contributed by atoms with Crippen molar-refractivity contribution in [3.8, 4) is 0 Å². The zero-order chi connectivity index (χ0) is 19.5. The number of rotatable bonds is 13. The molecular weight excluding hydrogens is 360 g/mol. The Labute approximate surface area is 168 Å². The second-order valence-electron chi connectivity index (χ2n) is 7.51. The van der Waals surface area contributed by atoms with Crippen molar-refractivity contribution in [3.05, 3.63) is 5.82 Å². The van der Waals surface area contributed by atoms with Gasteiger partial charge in [0.1, 0.15) is 5.82 Å². The van der Waals surface area contributed by atoms with Crippen LogP contribution >= 0.6 is 11.8 Å². The highest BCUT2D eigenvalue weighted by Gasteiger charge is 2.20. The van der Waals surface area contributed by atoms with Gasteiger partial charge >= 0.3 is 0 Å². The molecule has 0 spiro atoms. The Balaban J connectivity index is 1.60. The number of hydrogen-bond acceptors (Lipinski definition) is 5. The van der Waals surface area contributed by atoms with E-state index in [0.717, 1.165) is 75.0 Å². The average Bonchev–Trinajstić information content (AvgIpc) is 3.40. The Morgan fingerprint density at radius 1 is 1.26 bits per heavy atom. The van der Waals surface area contributed by atoms with Crippen molar-refractivity contribution in [1.82, 2.24) is 25.4 Å². The standard InChI is InChI=1S/C19H36N6OS/c1-15(2)13-25-17(23-24-19(25)27-4)7-5-10-21-18(20-3)22-11-6-12-26-14-16-8-9-16/h15-16H,5-14H2,1-4H3,(H2,20,21,22). The number of guanidine groups is 1. The van der Waals surface area contributed by atoms with Crippen molar-refractivity contribution in [2.45, 2.75) is 57.7 Å². The second kappa shape index (κ2) is 12.2. The van der Waals surface area contributed by atoms with Crippen LogP contribution in [0.4, 0.5) is 0 Å². The molecule has 7 nitrogen and oxygen atoms in total. The first-order valence-corrected chi connectivity index (χ1v) is 11.3. The average molecular weight is 397 g/mol. The highest BCUT2D eigenvalue weighted by Crippen LogP contribution is 2.28. The van der Waals surface area contributed by atoms with Gasteiger partial charge in [0.2, 0.25) is 0 Å². The molecule has 1 heterocycles. The maximum Gasteiger partial charge on any atom is 0.190 e. The van der Waals surface area contributed by atoms with Crippen LogP contribution in [0.25, 0.3) is 0 Å². The Hall–Kier alpha value is -1.28. The van der Waals surface area contributed by atoms with Crippen molar-refractivity contribution in [2.24, 2.45) is 16.8 Å². The minimum absolute atomic E-state index is 0.583. The molecule has 1 aromatic rings. The molecule has 0 aromatic carbocycles. The van der Waals surface area contributed by atoms with E-state index in [1.54, 1.807) is 11.8 Å². The fourth-order valence-corrected chi connectivity index (χ4v) is 3.32. The Morgan fingerprint density at radius 3 is 2.63 bits per heavy atom. The lowest BCUT2D eigenvalue weighted by atomic mass is 10.2. The first kappa shape index (κ1) is 22.0. The largest absolute Gasteiger partial charge is 0.381 e. The number of ether oxygens (including phenoxy) is 1. The van der Waals surface area contributed by atoms with Crippen LogP contribution in [0.2, 0.25) is 0 Å². The number of nitrogens with zero attached hydrogens (tertiary/aromatic N) is 4. The molecule has 1 saturated carbocycles. The number of aromatic nitrogens is 3. The first-order valence-electron chi connectivity index (χ1n) is 10.1. The van der Waals surface area contributed by atoms with Crippen LogP contribution in [0.5, 0.6) is 0 Å². The van der Waals surface area contributed by atoms with Crippen LogP contribution in [0.1, 0.15) is 45.4 Å². The molecule has 1 aromatic heterocycles. The molecule has 0 radical (unpaired) electrons. The van der Waals surface area contributed by atoms with E-state index in [1.807, 2.05) is 7.05 Å². The summed E-state index contributed by atoms with van der Waals surface area (Å²) >= 11 is 1.66. The number of aliphatic imine (C=N–C) groups is 1. The maximum absolute atomic E-state index is 5.65. The van der Waals surface area contributed by atoms with Crippen LogP contribution in [-0.4, -0.2) is 60.3 Å².